The van der Waals surface area contributed by atoms with Crippen molar-refractivity contribution in [2.45, 2.75) is 51.1 Å². The van der Waals surface area contributed by atoms with Crippen LogP contribution in [0.25, 0.3) is 0 Å². The average Bonchev–Trinajstić information content (AvgIpc) is 3.23. The van der Waals surface area contributed by atoms with Gasteiger partial charge in [0.15, 0.2) is 5.69 Å². The zero-order chi connectivity index (χ0) is 20.1. The number of anilines is 1. The number of piperidine rings is 1. The number of rotatable bonds is 5. The Labute approximate surface area is 169 Å². The molecule has 2 aromatic rings. The number of carboxylic acid groups (broad SMARTS) is 1. The second kappa shape index (κ2) is 6.90. The van der Waals surface area contributed by atoms with E-state index in [1.54, 1.807) is 4.68 Å². The number of amides is 1. The number of nitrogens with one attached hydrogen (secondary N) is 1. The number of hydrogen-bond acceptors (Lipinski definition) is 4. The van der Waals surface area contributed by atoms with Crippen molar-refractivity contribution in [3.8, 4) is 0 Å². The van der Waals surface area contributed by atoms with E-state index < -0.39 is 5.97 Å². The minimum absolute atomic E-state index is 0.0298. The van der Waals surface area contributed by atoms with E-state index in [0.29, 0.717) is 31.0 Å². The van der Waals surface area contributed by atoms with Crippen molar-refractivity contribution in [3.63, 3.8) is 0 Å². The average molecular weight is 394 g/mol. The standard InChI is InChI=1S/C22H26N4O3/c1-13-4-2-3-5-17(13)23-15-6-8-25(9-7-15)19(27)12-26-18-11-14-10-16(14)20(18)21(24-26)22(28)29/h2-5,14-16,23H,6-12H2,1H3,(H,28,29). The molecule has 2 N–H and O–H groups in total. The Kier molecular flexibility index (Phi) is 4.33. The molecule has 0 spiro atoms. The first-order chi connectivity index (χ1) is 14.0. The molecule has 2 aliphatic carbocycles. The summed E-state index contributed by atoms with van der Waals surface area (Å²) in [6.07, 6.45) is 3.73. The van der Waals surface area contributed by atoms with Crippen LogP contribution in [-0.2, 0) is 17.8 Å². The zero-order valence-electron chi connectivity index (χ0n) is 16.6. The van der Waals surface area contributed by atoms with Gasteiger partial charge in [0.1, 0.15) is 6.54 Å². The van der Waals surface area contributed by atoms with Crippen molar-refractivity contribution < 1.29 is 14.7 Å². The summed E-state index contributed by atoms with van der Waals surface area (Å²) < 4.78 is 1.66. The van der Waals surface area contributed by atoms with E-state index in [0.717, 1.165) is 42.6 Å². The van der Waals surface area contributed by atoms with Crippen molar-refractivity contribution in [3.05, 3.63) is 46.8 Å². The van der Waals surface area contributed by atoms with Gasteiger partial charge in [-0.25, -0.2) is 4.79 Å². The smallest absolute Gasteiger partial charge is 0.356 e. The first-order valence-electron chi connectivity index (χ1n) is 10.4. The van der Waals surface area contributed by atoms with E-state index in [2.05, 4.69) is 29.5 Å². The molecule has 7 nitrogen and oxygen atoms in total. The predicted molar refractivity (Wildman–Crippen MR) is 108 cm³/mol. The van der Waals surface area contributed by atoms with Crippen LogP contribution in [0.15, 0.2) is 24.3 Å². The molecule has 2 fully saturated rings. The molecular weight excluding hydrogens is 368 g/mol. The number of para-hydroxylation sites is 1. The first kappa shape index (κ1) is 18.2. The Balaban J connectivity index is 1.21. The number of likely N-dealkylation sites (tertiary alicyclic amines) is 1. The summed E-state index contributed by atoms with van der Waals surface area (Å²) in [4.78, 5) is 26.3. The maximum Gasteiger partial charge on any atom is 0.356 e. The van der Waals surface area contributed by atoms with E-state index in [1.807, 2.05) is 17.0 Å². The zero-order valence-corrected chi connectivity index (χ0v) is 16.6. The lowest BCUT2D eigenvalue weighted by Gasteiger charge is -2.33. The van der Waals surface area contributed by atoms with Crippen LogP contribution < -0.4 is 5.32 Å². The number of carbonyl (C=O) groups excluding carboxylic acids is 1. The summed E-state index contributed by atoms with van der Waals surface area (Å²) >= 11 is 0. The molecule has 3 aliphatic rings. The van der Waals surface area contributed by atoms with Gasteiger partial charge < -0.3 is 15.3 Å². The normalized spacial score (nSPS) is 22.9. The van der Waals surface area contributed by atoms with Crippen molar-refractivity contribution in [1.29, 1.82) is 0 Å². The van der Waals surface area contributed by atoms with Gasteiger partial charge in [0, 0.05) is 36.1 Å². The molecule has 7 heteroatoms. The molecule has 1 saturated carbocycles. The Morgan fingerprint density at radius 3 is 2.72 bits per heavy atom. The van der Waals surface area contributed by atoms with Gasteiger partial charge in [-0.15, -0.1) is 0 Å². The van der Waals surface area contributed by atoms with E-state index in [1.165, 1.54) is 5.56 Å². The number of carboxylic acids is 1. The minimum atomic E-state index is -0.983. The van der Waals surface area contributed by atoms with Gasteiger partial charge in [-0.1, -0.05) is 18.2 Å². The number of fused-ring (bicyclic) bond motifs is 3. The fourth-order valence-corrected chi connectivity index (χ4v) is 4.94. The van der Waals surface area contributed by atoms with Crippen molar-refractivity contribution in [2.75, 3.05) is 18.4 Å². The van der Waals surface area contributed by atoms with Gasteiger partial charge in [-0.3, -0.25) is 9.48 Å². The molecule has 29 heavy (non-hydrogen) atoms. The summed E-state index contributed by atoms with van der Waals surface area (Å²) in [5.41, 5.74) is 4.39. The number of carbonyl (C=O) groups is 2. The lowest BCUT2D eigenvalue weighted by atomic mass is 10.0. The van der Waals surface area contributed by atoms with E-state index in [9.17, 15) is 14.7 Å². The highest BCUT2D eigenvalue weighted by atomic mass is 16.4. The Hall–Kier alpha value is -2.83. The van der Waals surface area contributed by atoms with Crippen LogP contribution in [0.2, 0.25) is 0 Å². The van der Waals surface area contributed by atoms with Crippen molar-refractivity contribution >= 4 is 17.6 Å². The maximum atomic E-state index is 12.9. The lowest BCUT2D eigenvalue weighted by molar-refractivity contribution is -0.133. The molecule has 0 bridgehead atoms. The summed E-state index contributed by atoms with van der Waals surface area (Å²) in [6, 6.07) is 8.62. The summed E-state index contributed by atoms with van der Waals surface area (Å²) in [5.74, 6) is -0.0424. The van der Waals surface area contributed by atoms with Gasteiger partial charge >= 0.3 is 5.97 Å². The topological polar surface area (TPSA) is 87.5 Å². The number of aryl methyl sites for hydroxylation is 1. The monoisotopic (exact) mass is 394 g/mol. The maximum absolute atomic E-state index is 12.9. The lowest BCUT2D eigenvalue weighted by Crippen LogP contribution is -2.44. The fourth-order valence-electron chi connectivity index (χ4n) is 4.94. The molecule has 1 amide bonds. The number of benzene rings is 1. The Bertz CT molecular complexity index is 974. The van der Waals surface area contributed by atoms with Crippen LogP contribution in [0.3, 0.4) is 0 Å². The molecule has 5 rings (SSSR count). The third kappa shape index (κ3) is 3.28. The number of aromatic carboxylic acids is 1. The highest BCUT2D eigenvalue weighted by molar-refractivity contribution is 5.88. The van der Waals surface area contributed by atoms with Crippen LogP contribution >= 0.6 is 0 Å². The number of hydrogen-bond donors (Lipinski definition) is 2. The molecule has 1 aliphatic heterocycles. The molecular formula is C22H26N4O3. The third-order valence-electron chi connectivity index (χ3n) is 6.69. The first-order valence-corrected chi connectivity index (χ1v) is 10.4. The minimum Gasteiger partial charge on any atom is -0.476 e. The molecule has 1 aromatic heterocycles. The Morgan fingerprint density at radius 2 is 2.00 bits per heavy atom. The van der Waals surface area contributed by atoms with Gasteiger partial charge in [-0.2, -0.15) is 5.10 Å². The van der Waals surface area contributed by atoms with Gasteiger partial charge in [0.25, 0.3) is 0 Å². The highest BCUT2D eigenvalue weighted by Gasteiger charge is 2.50. The van der Waals surface area contributed by atoms with Crippen LogP contribution in [0, 0.1) is 12.8 Å². The second-order valence-electron chi connectivity index (χ2n) is 8.59. The largest absolute Gasteiger partial charge is 0.476 e. The van der Waals surface area contributed by atoms with E-state index in [-0.39, 0.29) is 18.1 Å². The van der Waals surface area contributed by atoms with Crippen LogP contribution in [-0.4, -0.2) is 50.8 Å². The molecule has 2 unspecified atom stereocenters. The number of nitrogens with zero attached hydrogens (tertiary/aromatic N) is 3. The predicted octanol–water partition coefficient (Wildman–Crippen LogP) is 2.65. The second-order valence-corrected chi connectivity index (χ2v) is 8.59. The summed E-state index contributed by atoms with van der Waals surface area (Å²) in [5, 5.41) is 17.4. The molecule has 1 aromatic carbocycles. The molecule has 0 radical (unpaired) electrons. The Morgan fingerprint density at radius 1 is 1.24 bits per heavy atom. The molecule has 1 saturated heterocycles. The van der Waals surface area contributed by atoms with Crippen LogP contribution in [0.4, 0.5) is 5.69 Å². The fraction of sp³-hybridized carbons (Fsp3) is 0.500. The highest BCUT2D eigenvalue weighted by Crippen LogP contribution is 2.57. The number of aromatic nitrogens is 2. The van der Waals surface area contributed by atoms with Gasteiger partial charge in [0.2, 0.25) is 5.91 Å². The van der Waals surface area contributed by atoms with Crippen molar-refractivity contribution in [1.82, 2.24) is 14.7 Å². The van der Waals surface area contributed by atoms with Crippen LogP contribution in [0.1, 0.15) is 52.5 Å². The molecule has 152 valence electrons. The van der Waals surface area contributed by atoms with Gasteiger partial charge in [-0.05, 0) is 56.1 Å². The SMILES string of the molecule is Cc1ccccc1NC1CCN(C(=O)Cn2nc(C(=O)O)c3c2CC2CC32)CC1. The van der Waals surface area contributed by atoms with E-state index in [4.69, 9.17) is 0 Å². The van der Waals surface area contributed by atoms with Crippen molar-refractivity contribution in [2.24, 2.45) is 5.92 Å². The third-order valence-corrected chi connectivity index (χ3v) is 6.69. The van der Waals surface area contributed by atoms with Gasteiger partial charge in [0.05, 0.1) is 0 Å². The van der Waals surface area contributed by atoms with Crippen LogP contribution in [0.5, 0.6) is 0 Å². The van der Waals surface area contributed by atoms with E-state index >= 15 is 0 Å². The quantitative estimate of drug-likeness (QED) is 0.814. The summed E-state index contributed by atoms with van der Waals surface area (Å²) in [6.45, 7) is 3.66. The summed E-state index contributed by atoms with van der Waals surface area (Å²) in [7, 11) is 0. The molecule has 2 atom stereocenters. The molecule has 2 heterocycles.